The fraction of sp³-hybridized carbons (Fsp3) is 0.500. The summed E-state index contributed by atoms with van der Waals surface area (Å²) >= 11 is 0. The number of nitrogens with one attached hydrogen (secondary N) is 1. The van der Waals surface area contributed by atoms with Crippen molar-refractivity contribution in [3.63, 3.8) is 0 Å². The SMILES string of the molecule is C1CN2CCC1CC2.Cc1cc(N)nnc1-c1ccc(C(F)(F)F)cc1NS(C)(=O)=O. The van der Waals surface area contributed by atoms with E-state index in [1.165, 1.54) is 45.0 Å². The Balaban J connectivity index is 0.000000280. The smallest absolute Gasteiger partial charge is 0.382 e. The number of halogens is 3. The molecule has 0 saturated carbocycles. The van der Waals surface area contributed by atoms with Gasteiger partial charge in [-0.3, -0.25) is 4.72 Å². The van der Waals surface area contributed by atoms with Gasteiger partial charge in [0.2, 0.25) is 10.0 Å². The monoisotopic (exact) mass is 457 g/mol. The van der Waals surface area contributed by atoms with Crippen molar-refractivity contribution in [1.82, 2.24) is 15.1 Å². The Hall–Kier alpha value is -2.40. The van der Waals surface area contributed by atoms with Gasteiger partial charge in [0, 0.05) is 5.56 Å². The maximum absolute atomic E-state index is 12.8. The van der Waals surface area contributed by atoms with Crippen molar-refractivity contribution in [2.24, 2.45) is 5.92 Å². The number of piperidine rings is 3. The van der Waals surface area contributed by atoms with Crippen molar-refractivity contribution < 1.29 is 21.6 Å². The van der Waals surface area contributed by atoms with Crippen LogP contribution < -0.4 is 10.5 Å². The molecule has 31 heavy (non-hydrogen) atoms. The highest BCUT2D eigenvalue weighted by atomic mass is 32.2. The minimum absolute atomic E-state index is 0.149. The van der Waals surface area contributed by atoms with Crippen molar-refractivity contribution in [3.05, 3.63) is 35.4 Å². The van der Waals surface area contributed by atoms with Gasteiger partial charge in [0.1, 0.15) is 5.82 Å². The van der Waals surface area contributed by atoms with Gasteiger partial charge in [-0.05, 0) is 75.5 Å². The van der Waals surface area contributed by atoms with E-state index in [0.29, 0.717) is 11.6 Å². The van der Waals surface area contributed by atoms with Crippen molar-refractivity contribution in [2.45, 2.75) is 32.4 Å². The van der Waals surface area contributed by atoms with Gasteiger partial charge in [0.05, 0.1) is 23.2 Å². The van der Waals surface area contributed by atoms with E-state index >= 15 is 0 Å². The molecular weight excluding hydrogens is 431 g/mol. The summed E-state index contributed by atoms with van der Waals surface area (Å²) in [5.41, 5.74) is 5.24. The first-order valence-corrected chi connectivity index (χ1v) is 11.8. The topological polar surface area (TPSA) is 101 Å². The number of nitrogens with zero attached hydrogens (tertiary/aromatic N) is 3. The van der Waals surface area contributed by atoms with Gasteiger partial charge in [0.25, 0.3) is 0 Å². The lowest BCUT2D eigenvalue weighted by Crippen LogP contribution is -2.41. The molecule has 3 N–H and O–H groups in total. The van der Waals surface area contributed by atoms with Crippen LogP contribution >= 0.6 is 0 Å². The molecule has 3 saturated heterocycles. The second-order valence-corrected chi connectivity index (χ2v) is 9.76. The van der Waals surface area contributed by atoms with Gasteiger partial charge < -0.3 is 10.6 Å². The number of aryl methyl sites for hydroxylation is 1. The summed E-state index contributed by atoms with van der Waals surface area (Å²) in [7, 11) is -3.78. The van der Waals surface area contributed by atoms with Crippen LogP contribution in [0.1, 0.15) is 30.4 Å². The molecule has 3 fully saturated rings. The molecule has 0 amide bonds. The molecule has 0 atom stereocenters. The number of alkyl halides is 3. The molecule has 5 rings (SSSR count). The highest BCUT2D eigenvalue weighted by Gasteiger charge is 2.31. The molecule has 170 valence electrons. The Morgan fingerprint density at radius 1 is 1.10 bits per heavy atom. The molecule has 4 heterocycles. The quantitative estimate of drug-likeness (QED) is 0.731. The number of fused-ring (bicyclic) bond motifs is 3. The Bertz CT molecular complexity index is 1010. The fourth-order valence-corrected chi connectivity index (χ4v) is 4.42. The van der Waals surface area contributed by atoms with Crippen molar-refractivity contribution in [2.75, 3.05) is 36.3 Å². The molecule has 11 heteroatoms. The third-order valence-corrected chi connectivity index (χ3v) is 6.05. The van der Waals surface area contributed by atoms with Gasteiger partial charge >= 0.3 is 6.18 Å². The van der Waals surface area contributed by atoms with Crippen LogP contribution in [0.25, 0.3) is 11.3 Å². The zero-order valence-electron chi connectivity index (χ0n) is 17.4. The van der Waals surface area contributed by atoms with E-state index in [1.807, 2.05) is 0 Å². The number of hydrogen-bond donors (Lipinski definition) is 2. The molecule has 1 aromatic heterocycles. The lowest BCUT2D eigenvalue weighted by molar-refractivity contribution is -0.137. The largest absolute Gasteiger partial charge is 0.416 e. The average Bonchev–Trinajstić information content (AvgIpc) is 2.68. The summed E-state index contributed by atoms with van der Waals surface area (Å²) in [6, 6.07) is 4.20. The third-order valence-electron chi connectivity index (χ3n) is 5.46. The van der Waals surface area contributed by atoms with E-state index in [4.69, 9.17) is 5.73 Å². The van der Waals surface area contributed by atoms with E-state index in [1.54, 1.807) is 6.92 Å². The number of nitrogen functional groups attached to an aromatic ring is 1. The summed E-state index contributed by atoms with van der Waals surface area (Å²) in [6.45, 7) is 5.82. The predicted octanol–water partition coefficient (Wildman–Crippen LogP) is 3.53. The molecule has 7 nitrogen and oxygen atoms in total. The fourth-order valence-electron chi connectivity index (χ4n) is 3.85. The first-order chi connectivity index (χ1) is 14.4. The molecule has 2 aromatic rings. The lowest BCUT2D eigenvalue weighted by Gasteiger charge is -2.38. The van der Waals surface area contributed by atoms with Crippen LogP contribution in [-0.2, 0) is 16.2 Å². The number of anilines is 2. The van der Waals surface area contributed by atoms with Gasteiger partial charge in [-0.2, -0.15) is 13.2 Å². The van der Waals surface area contributed by atoms with Gasteiger partial charge in [-0.25, -0.2) is 8.42 Å². The Morgan fingerprint density at radius 2 is 1.71 bits per heavy atom. The van der Waals surface area contributed by atoms with Gasteiger partial charge in [-0.1, -0.05) is 6.07 Å². The molecule has 0 radical (unpaired) electrons. The summed E-state index contributed by atoms with van der Waals surface area (Å²) in [6.07, 6.45) is 0.701. The highest BCUT2D eigenvalue weighted by molar-refractivity contribution is 7.92. The molecule has 0 spiro atoms. The van der Waals surface area contributed by atoms with Crippen LogP contribution in [-0.4, -0.2) is 49.4 Å². The number of hydrogen-bond acceptors (Lipinski definition) is 6. The zero-order chi connectivity index (χ0) is 22.8. The number of benzene rings is 1. The Kier molecular flexibility index (Phi) is 6.75. The van der Waals surface area contributed by atoms with Crippen LogP contribution in [0, 0.1) is 12.8 Å². The van der Waals surface area contributed by atoms with Gasteiger partial charge in [0.15, 0.2) is 0 Å². The maximum Gasteiger partial charge on any atom is 0.416 e. The van der Waals surface area contributed by atoms with Crippen molar-refractivity contribution in [3.8, 4) is 11.3 Å². The molecule has 3 aliphatic heterocycles. The first-order valence-electron chi connectivity index (χ1n) is 9.94. The molecular formula is C20H26F3N5O2S. The number of nitrogens with two attached hydrogens (primary N) is 1. The van der Waals surface area contributed by atoms with Crippen LogP contribution in [0.4, 0.5) is 24.7 Å². The molecule has 2 bridgehead atoms. The highest BCUT2D eigenvalue weighted by Crippen LogP contribution is 2.36. The van der Waals surface area contributed by atoms with Crippen molar-refractivity contribution in [1.29, 1.82) is 0 Å². The first kappa shape index (κ1) is 23.3. The number of aromatic nitrogens is 2. The second-order valence-electron chi connectivity index (χ2n) is 8.01. The summed E-state index contributed by atoms with van der Waals surface area (Å²) < 4.78 is 63.5. The summed E-state index contributed by atoms with van der Waals surface area (Å²) in [5, 5.41) is 7.49. The van der Waals surface area contributed by atoms with Crippen LogP contribution in [0.3, 0.4) is 0 Å². The van der Waals surface area contributed by atoms with E-state index < -0.39 is 21.8 Å². The van der Waals surface area contributed by atoms with Crippen LogP contribution in [0.15, 0.2) is 24.3 Å². The second kappa shape index (κ2) is 8.99. The third kappa shape index (κ3) is 6.30. The molecule has 3 aliphatic rings. The zero-order valence-corrected chi connectivity index (χ0v) is 18.2. The molecule has 0 unspecified atom stereocenters. The Morgan fingerprint density at radius 3 is 2.13 bits per heavy atom. The van der Waals surface area contributed by atoms with Crippen LogP contribution in [0.2, 0.25) is 0 Å². The minimum Gasteiger partial charge on any atom is -0.382 e. The maximum atomic E-state index is 12.8. The van der Waals surface area contributed by atoms with E-state index in [9.17, 15) is 21.6 Å². The normalized spacial score (nSPS) is 20.7. The van der Waals surface area contributed by atoms with Crippen LogP contribution in [0.5, 0.6) is 0 Å². The summed E-state index contributed by atoms with van der Waals surface area (Å²) in [5.74, 6) is 1.26. The standard InChI is InChI=1S/C13H13F3N4O2S.C7H13N/c1-7-5-11(17)18-19-12(7)9-4-3-8(13(14,15)16)6-10(9)20-23(2,21)22;1-4-8-5-2-7(1)3-6-8/h3-6,20H,1-2H3,(H2,17,18);7H,1-6H2. The lowest BCUT2D eigenvalue weighted by atomic mass is 9.89. The number of sulfonamides is 1. The van der Waals surface area contributed by atoms with Gasteiger partial charge in [-0.15, -0.1) is 10.2 Å². The number of rotatable bonds is 3. The van der Waals surface area contributed by atoms with E-state index in [-0.39, 0.29) is 22.8 Å². The predicted molar refractivity (Wildman–Crippen MR) is 114 cm³/mol. The minimum atomic E-state index is -4.60. The van der Waals surface area contributed by atoms with E-state index in [0.717, 1.165) is 24.3 Å². The Labute approximate surface area is 179 Å². The molecule has 0 aliphatic carbocycles. The summed E-state index contributed by atoms with van der Waals surface area (Å²) in [4.78, 5) is 2.58. The van der Waals surface area contributed by atoms with Crippen molar-refractivity contribution >= 4 is 21.5 Å². The molecule has 1 aromatic carbocycles. The van der Waals surface area contributed by atoms with E-state index in [2.05, 4.69) is 19.8 Å². The average molecular weight is 458 g/mol.